The number of aryl methyl sites for hydroxylation is 1. The highest BCUT2D eigenvalue weighted by molar-refractivity contribution is 7.71. The smallest absolute Gasteiger partial charge is 0.195 e. The van der Waals surface area contributed by atoms with Crippen LogP contribution in [0.4, 0.5) is 0 Å². The summed E-state index contributed by atoms with van der Waals surface area (Å²) in [6, 6.07) is 0.657. The molecule has 2 fully saturated rings. The van der Waals surface area contributed by atoms with Crippen molar-refractivity contribution in [1.82, 2.24) is 14.8 Å². The van der Waals surface area contributed by atoms with E-state index < -0.39 is 0 Å². The summed E-state index contributed by atoms with van der Waals surface area (Å²) in [4.78, 5) is 0. The van der Waals surface area contributed by atoms with Crippen molar-refractivity contribution in [3.8, 4) is 0 Å². The molecule has 0 radical (unpaired) electrons. The van der Waals surface area contributed by atoms with Gasteiger partial charge in [-0.1, -0.05) is 25.7 Å². The zero-order valence-corrected chi connectivity index (χ0v) is 10.4. The van der Waals surface area contributed by atoms with Gasteiger partial charge < -0.3 is 4.57 Å². The lowest BCUT2D eigenvalue weighted by molar-refractivity contribution is 0.488. The second-order valence-electron chi connectivity index (χ2n) is 5.24. The SMILES string of the molecule is S=c1[nH]nc(CCC2CCCC2)n1C1CC1. The number of H-pyrrole nitrogens is 1. The van der Waals surface area contributed by atoms with Crippen LogP contribution >= 0.6 is 12.2 Å². The summed E-state index contributed by atoms with van der Waals surface area (Å²) in [5.41, 5.74) is 0. The van der Waals surface area contributed by atoms with Crippen LogP contribution in [0.3, 0.4) is 0 Å². The Morgan fingerprint density at radius 1 is 1.25 bits per heavy atom. The summed E-state index contributed by atoms with van der Waals surface area (Å²) < 4.78 is 3.08. The highest BCUT2D eigenvalue weighted by Crippen LogP contribution is 2.36. The third-order valence-corrected chi connectivity index (χ3v) is 4.23. The van der Waals surface area contributed by atoms with Gasteiger partial charge in [0.2, 0.25) is 0 Å². The standard InChI is InChI=1S/C12H19N3S/c16-12-14-13-11(15(12)10-6-7-10)8-5-9-3-1-2-4-9/h9-10H,1-8H2,(H,14,16). The number of nitrogens with zero attached hydrogens (tertiary/aromatic N) is 2. The van der Waals surface area contributed by atoms with Crippen LogP contribution in [0.2, 0.25) is 0 Å². The van der Waals surface area contributed by atoms with Crippen LogP contribution in [0.15, 0.2) is 0 Å². The highest BCUT2D eigenvalue weighted by Gasteiger charge is 2.27. The molecule has 1 N–H and O–H groups in total. The van der Waals surface area contributed by atoms with Gasteiger partial charge in [0.1, 0.15) is 5.82 Å². The average molecular weight is 237 g/mol. The van der Waals surface area contributed by atoms with Crippen LogP contribution in [0.5, 0.6) is 0 Å². The van der Waals surface area contributed by atoms with E-state index in [1.165, 1.54) is 50.8 Å². The molecule has 1 heterocycles. The fourth-order valence-corrected chi connectivity index (χ4v) is 3.16. The molecule has 3 rings (SSSR count). The van der Waals surface area contributed by atoms with Crippen molar-refractivity contribution in [2.24, 2.45) is 5.92 Å². The quantitative estimate of drug-likeness (QED) is 0.814. The Morgan fingerprint density at radius 3 is 2.69 bits per heavy atom. The number of hydrogen-bond donors (Lipinski definition) is 1. The van der Waals surface area contributed by atoms with Gasteiger partial charge in [0, 0.05) is 12.5 Å². The monoisotopic (exact) mass is 237 g/mol. The zero-order chi connectivity index (χ0) is 11.0. The molecule has 0 atom stereocenters. The molecule has 0 unspecified atom stereocenters. The Morgan fingerprint density at radius 2 is 2.00 bits per heavy atom. The maximum atomic E-state index is 5.28. The molecule has 0 spiro atoms. The van der Waals surface area contributed by atoms with Gasteiger partial charge >= 0.3 is 0 Å². The molecular formula is C12H19N3S. The van der Waals surface area contributed by atoms with E-state index >= 15 is 0 Å². The minimum atomic E-state index is 0.657. The second-order valence-corrected chi connectivity index (χ2v) is 5.62. The molecule has 4 heteroatoms. The van der Waals surface area contributed by atoms with Crippen LogP contribution in [0, 0.1) is 10.7 Å². The topological polar surface area (TPSA) is 33.6 Å². The largest absolute Gasteiger partial charge is 0.301 e. The van der Waals surface area contributed by atoms with Crippen LogP contribution < -0.4 is 0 Å². The van der Waals surface area contributed by atoms with Gasteiger partial charge in [-0.05, 0) is 37.4 Å². The fourth-order valence-electron chi connectivity index (χ4n) is 2.86. The molecular weight excluding hydrogens is 218 g/mol. The van der Waals surface area contributed by atoms with Gasteiger partial charge in [0.15, 0.2) is 4.77 Å². The first-order valence-corrected chi connectivity index (χ1v) is 6.91. The third kappa shape index (κ3) is 2.08. The first-order chi connectivity index (χ1) is 7.84. The zero-order valence-electron chi connectivity index (χ0n) is 9.61. The number of hydrogen-bond acceptors (Lipinski definition) is 2. The maximum Gasteiger partial charge on any atom is 0.195 e. The lowest BCUT2D eigenvalue weighted by atomic mass is 10.0. The van der Waals surface area contributed by atoms with E-state index in [1.807, 2.05) is 0 Å². The van der Waals surface area contributed by atoms with Crippen molar-refractivity contribution in [2.75, 3.05) is 0 Å². The summed E-state index contributed by atoms with van der Waals surface area (Å²) in [7, 11) is 0. The Bertz CT molecular complexity index is 410. The summed E-state index contributed by atoms with van der Waals surface area (Å²) in [6.07, 6.45) is 10.7. The summed E-state index contributed by atoms with van der Waals surface area (Å²) in [6.45, 7) is 0. The van der Waals surface area contributed by atoms with Gasteiger partial charge in [-0.15, -0.1) is 0 Å². The van der Waals surface area contributed by atoms with Gasteiger partial charge in [0.25, 0.3) is 0 Å². The van der Waals surface area contributed by atoms with E-state index in [0.29, 0.717) is 6.04 Å². The van der Waals surface area contributed by atoms with E-state index in [0.717, 1.165) is 17.1 Å². The molecule has 0 bridgehead atoms. The van der Waals surface area contributed by atoms with E-state index in [9.17, 15) is 0 Å². The maximum absolute atomic E-state index is 5.28. The second kappa shape index (κ2) is 4.32. The molecule has 88 valence electrons. The number of aromatic nitrogens is 3. The highest BCUT2D eigenvalue weighted by atomic mass is 32.1. The first kappa shape index (κ1) is 10.5. The molecule has 3 nitrogen and oxygen atoms in total. The molecule has 0 aromatic carbocycles. The van der Waals surface area contributed by atoms with Gasteiger partial charge in [0.05, 0.1) is 0 Å². The van der Waals surface area contributed by atoms with E-state index in [-0.39, 0.29) is 0 Å². The molecule has 0 saturated heterocycles. The predicted octanol–water partition coefficient (Wildman–Crippen LogP) is 3.40. The van der Waals surface area contributed by atoms with Crippen molar-refractivity contribution in [2.45, 2.75) is 57.4 Å². The van der Waals surface area contributed by atoms with E-state index in [2.05, 4.69) is 14.8 Å². The van der Waals surface area contributed by atoms with Crippen molar-refractivity contribution < 1.29 is 0 Å². The molecule has 1 aromatic heterocycles. The summed E-state index contributed by atoms with van der Waals surface area (Å²) in [5, 5.41) is 7.33. The van der Waals surface area contributed by atoms with Crippen LogP contribution in [-0.2, 0) is 6.42 Å². The van der Waals surface area contributed by atoms with Gasteiger partial charge in [-0.25, -0.2) is 0 Å². The minimum Gasteiger partial charge on any atom is -0.301 e. The third-order valence-electron chi connectivity index (χ3n) is 3.94. The van der Waals surface area contributed by atoms with Crippen molar-refractivity contribution >= 4 is 12.2 Å². The number of nitrogens with one attached hydrogen (secondary N) is 1. The molecule has 1 aromatic rings. The van der Waals surface area contributed by atoms with Crippen LogP contribution in [0.25, 0.3) is 0 Å². The molecule has 0 aliphatic heterocycles. The summed E-state index contributed by atoms with van der Waals surface area (Å²) >= 11 is 5.28. The normalized spacial score (nSPS) is 21.8. The first-order valence-electron chi connectivity index (χ1n) is 6.50. The van der Waals surface area contributed by atoms with Crippen LogP contribution in [-0.4, -0.2) is 14.8 Å². The molecule has 2 aliphatic carbocycles. The molecule has 16 heavy (non-hydrogen) atoms. The van der Waals surface area contributed by atoms with Gasteiger partial charge in [-0.2, -0.15) is 5.10 Å². The average Bonchev–Trinajstić information content (AvgIpc) is 2.85. The van der Waals surface area contributed by atoms with Crippen molar-refractivity contribution in [1.29, 1.82) is 0 Å². The Balaban J connectivity index is 1.66. The van der Waals surface area contributed by atoms with Crippen LogP contribution in [0.1, 0.15) is 56.8 Å². The van der Waals surface area contributed by atoms with Crippen molar-refractivity contribution in [3.63, 3.8) is 0 Å². The van der Waals surface area contributed by atoms with Gasteiger partial charge in [-0.3, -0.25) is 5.10 Å². The number of rotatable bonds is 4. The van der Waals surface area contributed by atoms with E-state index in [4.69, 9.17) is 12.2 Å². The Hall–Kier alpha value is -0.640. The van der Waals surface area contributed by atoms with E-state index in [1.54, 1.807) is 0 Å². The molecule has 2 aliphatic rings. The minimum absolute atomic E-state index is 0.657. The summed E-state index contributed by atoms with van der Waals surface area (Å²) in [5.74, 6) is 2.14. The molecule has 0 amide bonds. The Kier molecular flexibility index (Phi) is 2.84. The fraction of sp³-hybridized carbons (Fsp3) is 0.833. The van der Waals surface area contributed by atoms with Crippen molar-refractivity contribution in [3.05, 3.63) is 10.6 Å². The lowest BCUT2D eigenvalue weighted by Crippen LogP contribution is -2.04. The molecule has 2 saturated carbocycles. The number of aromatic amines is 1. The Labute approximate surface area is 101 Å². The lowest BCUT2D eigenvalue weighted by Gasteiger charge is -2.09. The predicted molar refractivity (Wildman–Crippen MR) is 66.0 cm³/mol.